The lowest BCUT2D eigenvalue weighted by Gasteiger charge is -2.40. The molecule has 0 saturated carbocycles. The number of amides is 1. The van der Waals surface area contributed by atoms with Crippen molar-refractivity contribution >= 4 is 17.7 Å². The number of nitrogens with zero attached hydrogens (tertiary/aromatic N) is 5. The monoisotopic (exact) mass is 452 g/mol. The van der Waals surface area contributed by atoms with E-state index in [1.807, 2.05) is 54.6 Å². The van der Waals surface area contributed by atoms with E-state index in [0.29, 0.717) is 17.9 Å². The Morgan fingerprint density at radius 1 is 1.09 bits per heavy atom. The zero-order valence-electron chi connectivity index (χ0n) is 18.4. The van der Waals surface area contributed by atoms with Crippen molar-refractivity contribution in [3.8, 4) is 5.69 Å². The highest BCUT2D eigenvalue weighted by Gasteiger charge is 2.29. The maximum absolute atomic E-state index is 13.0. The lowest BCUT2D eigenvalue weighted by molar-refractivity contribution is -0.00924. The zero-order valence-corrected chi connectivity index (χ0v) is 19.2. The van der Waals surface area contributed by atoms with Gasteiger partial charge < -0.3 is 10.1 Å². The molecule has 1 N–H and O–H groups in total. The number of hydrogen-bond donors (Lipinski definition) is 1. The van der Waals surface area contributed by atoms with Crippen molar-refractivity contribution in [3.63, 3.8) is 0 Å². The fraction of sp³-hybridized carbons (Fsp3) is 0.391. The van der Waals surface area contributed by atoms with E-state index in [0.717, 1.165) is 42.7 Å². The van der Waals surface area contributed by atoms with Crippen LogP contribution in [0.25, 0.3) is 5.69 Å². The molecule has 0 unspecified atom stereocenters. The van der Waals surface area contributed by atoms with Gasteiger partial charge in [-0.15, -0.1) is 16.9 Å². The number of morpholine rings is 1. The molecule has 2 aromatic carbocycles. The van der Waals surface area contributed by atoms with Crippen LogP contribution in [0.15, 0.2) is 59.5 Å². The predicted octanol–water partition coefficient (Wildman–Crippen LogP) is 2.80. The average Bonchev–Trinajstić information content (AvgIpc) is 3.31. The van der Waals surface area contributed by atoms with Gasteiger partial charge in [0.15, 0.2) is 5.82 Å². The van der Waals surface area contributed by atoms with Crippen molar-refractivity contribution in [2.75, 3.05) is 32.8 Å². The Balaban J connectivity index is 1.41. The van der Waals surface area contributed by atoms with Crippen LogP contribution in [0.4, 0.5) is 0 Å². The molecule has 32 heavy (non-hydrogen) atoms. The van der Waals surface area contributed by atoms with Crippen LogP contribution in [-0.2, 0) is 10.5 Å². The van der Waals surface area contributed by atoms with Crippen LogP contribution in [0.1, 0.15) is 30.0 Å². The summed E-state index contributed by atoms with van der Waals surface area (Å²) in [7, 11) is 0. The summed E-state index contributed by atoms with van der Waals surface area (Å²) >= 11 is 1.55. The van der Waals surface area contributed by atoms with E-state index in [4.69, 9.17) is 4.74 Å². The summed E-state index contributed by atoms with van der Waals surface area (Å²) in [5.41, 5.74) is 1.43. The van der Waals surface area contributed by atoms with Crippen LogP contribution < -0.4 is 5.32 Å². The highest BCUT2D eigenvalue weighted by molar-refractivity contribution is 7.98. The van der Waals surface area contributed by atoms with Crippen LogP contribution in [0.3, 0.4) is 0 Å². The lowest BCUT2D eigenvalue weighted by Crippen LogP contribution is -2.55. The number of thioether (sulfide) groups is 1. The molecule has 1 aromatic heterocycles. The summed E-state index contributed by atoms with van der Waals surface area (Å²) in [4.78, 5) is 16.3. The maximum atomic E-state index is 13.0. The van der Waals surface area contributed by atoms with E-state index < -0.39 is 0 Å². The van der Waals surface area contributed by atoms with Crippen LogP contribution in [0.2, 0.25) is 0 Å². The fourth-order valence-electron chi connectivity index (χ4n) is 3.66. The second-order valence-corrected chi connectivity index (χ2v) is 9.24. The number of ether oxygens (including phenoxy) is 1. The first-order valence-electron chi connectivity index (χ1n) is 10.7. The second kappa shape index (κ2) is 10.2. The number of benzene rings is 2. The van der Waals surface area contributed by atoms with Gasteiger partial charge in [0.05, 0.1) is 30.2 Å². The molecule has 0 radical (unpaired) electrons. The minimum Gasteiger partial charge on any atom is -0.379 e. The van der Waals surface area contributed by atoms with Gasteiger partial charge in [-0.25, -0.2) is 0 Å². The van der Waals surface area contributed by atoms with Gasteiger partial charge in [0.25, 0.3) is 5.91 Å². The van der Waals surface area contributed by atoms with E-state index in [1.165, 1.54) is 0 Å². The first-order chi connectivity index (χ1) is 15.5. The van der Waals surface area contributed by atoms with Gasteiger partial charge in [0.2, 0.25) is 0 Å². The largest absolute Gasteiger partial charge is 0.379 e. The second-order valence-electron chi connectivity index (χ2n) is 8.22. The number of rotatable bonds is 8. The molecule has 1 fully saturated rings. The quantitative estimate of drug-likeness (QED) is 0.526. The summed E-state index contributed by atoms with van der Waals surface area (Å²) in [6.45, 7) is 8.11. The minimum absolute atomic E-state index is 0.0721. The number of aromatic nitrogens is 4. The molecule has 1 amide bonds. The SMILES string of the molecule is CC(C)(CNC(=O)c1ccccc1SCc1nnnn1-c1ccccc1)N1CCOCC1. The maximum Gasteiger partial charge on any atom is 0.252 e. The standard InChI is InChI=1S/C23H28N6O2S/c1-23(2,28-12-14-31-15-13-28)17-24-22(30)19-10-6-7-11-20(19)32-16-21-25-26-27-29(21)18-8-4-3-5-9-18/h3-11H,12-17H2,1-2H3,(H,24,30). The van der Waals surface area contributed by atoms with Crippen molar-refractivity contribution in [3.05, 3.63) is 66.0 Å². The van der Waals surface area contributed by atoms with Crippen molar-refractivity contribution in [1.82, 2.24) is 30.4 Å². The Bertz CT molecular complexity index is 1030. The third-order valence-electron chi connectivity index (χ3n) is 5.57. The third-order valence-corrected chi connectivity index (χ3v) is 6.64. The van der Waals surface area contributed by atoms with Crippen LogP contribution in [0, 0.1) is 0 Å². The Kier molecular flexibility index (Phi) is 7.19. The highest BCUT2D eigenvalue weighted by atomic mass is 32.2. The summed E-state index contributed by atoms with van der Waals surface area (Å²) < 4.78 is 7.17. The van der Waals surface area contributed by atoms with Crippen LogP contribution in [-0.4, -0.2) is 69.4 Å². The Morgan fingerprint density at radius 3 is 2.59 bits per heavy atom. The summed E-state index contributed by atoms with van der Waals surface area (Å²) in [6, 6.07) is 17.4. The molecular weight excluding hydrogens is 424 g/mol. The molecule has 0 spiro atoms. The topological polar surface area (TPSA) is 85.2 Å². The number of hydrogen-bond acceptors (Lipinski definition) is 7. The summed E-state index contributed by atoms with van der Waals surface area (Å²) in [5.74, 6) is 1.20. The lowest BCUT2D eigenvalue weighted by atomic mass is 10.0. The molecule has 0 atom stereocenters. The Labute approximate surface area is 192 Å². The van der Waals surface area contributed by atoms with Crippen LogP contribution in [0.5, 0.6) is 0 Å². The van der Waals surface area contributed by atoms with E-state index in [1.54, 1.807) is 16.4 Å². The molecule has 2 heterocycles. The molecule has 168 valence electrons. The molecule has 8 nitrogen and oxygen atoms in total. The number of para-hydroxylation sites is 1. The molecule has 1 aliphatic heterocycles. The summed E-state index contributed by atoms with van der Waals surface area (Å²) in [6.07, 6.45) is 0. The highest BCUT2D eigenvalue weighted by Crippen LogP contribution is 2.26. The van der Waals surface area contributed by atoms with E-state index in [9.17, 15) is 4.79 Å². The molecule has 1 aliphatic rings. The predicted molar refractivity (Wildman–Crippen MR) is 124 cm³/mol. The van der Waals surface area contributed by atoms with Crippen molar-refractivity contribution < 1.29 is 9.53 Å². The van der Waals surface area contributed by atoms with Crippen molar-refractivity contribution in [2.24, 2.45) is 0 Å². The molecule has 3 aromatic rings. The number of carbonyl (C=O) groups is 1. The third kappa shape index (κ3) is 5.35. The first-order valence-corrected chi connectivity index (χ1v) is 11.7. The number of tetrazole rings is 1. The van der Waals surface area contributed by atoms with Gasteiger partial charge in [-0.05, 0) is 48.5 Å². The van der Waals surface area contributed by atoms with E-state index in [2.05, 4.69) is 39.6 Å². The van der Waals surface area contributed by atoms with E-state index in [-0.39, 0.29) is 11.4 Å². The minimum atomic E-state index is -0.140. The average molecular weight is 453 g/mol. The molecule has 0 bridgehead atoms. The van der Waals surface area contributed by atoms with Crippen molar-refractivity contribution in [2.45, 2.75) is 30.0 Å². The number of nitrogens with one attached hydrogen (secondary N) is 1. The summed E-state index contributed by atoms with van der Waals surface area (Å²) in [5, 5.41) is 15.2. The van der Waals surface area contributed by atoms with Gasteiger partial charge in [0, 0.05) is 30.1 Å². The van der Waals surface area contributed by atoms with Gasteiger partial charge >= 0.3 is 0 Å². The zero-order chi connectivity index (χ0) is 22.4. The van der Waals surface area contributed by atoms with Gasteiger partial charge in [-0.1, -0.05) is 30.3 Å². The Hall–Kier alpha value is -2.75. The molecular formula is C23H28N6O2S. The van der Waals surface area contributed by atoms with Gasteiger partial charge in [-0.3, -0.25) is 9.69 Å². The molecule has 1 saturated heterocycles. The first kappa shape index (κ1) is 22.4. The molecule has 4 rings (SSSR count). The van der Waals surface area contributed by atoms with Gasteiger partial charge in [-0.2, -0.15) is 4.68 Å². The smallest absolute Gasteiger partial charge is 0.252 e. The molecule has 9 heteroatoms. The Morgan fingerprint density at radius 2 is 1.81 bits per heavy atom. The fourth-order valence-corrected chi connectivity index (χ4v) is 4.62. The van der Waals surface area contributed by atoms with Crippen LogP contribution >= 0.6 is 11.8 Å². The number of carbonyl (C=O) groups excluding carboxylic acids is 1. The van der Waals surface area contributed by atoms with Crippen molar-refractivity contribution in [1.29, 1.82) is 0 Å². The van der Waals surface area contributed by atoms with E-state index >= 15 is 0 Å². The molecule has 0 aliphatic carbocycles. The van der Waals surface area contributed by atoms with Gasteiger partial charge in [0.1, 0.15) is 0 Å². The normalized spacial score (nSPS) is 14.9.